The van der Waals surface area contributed by atoms with Crippen molar-refractivity contribution in [3.8, 4) is 17.3 Å². The number of ether oxygens (including phenoxy) is 2. The van der Waals surface area contributed by atoms with Crippen LogP contribution in [0.5, 0.6) is 5.88 Å². The topological polar surface area (TPSA) is 130 Å². The molecule has 1 atom stereocenters. The van der Waals surface area contributed by atoms with Gasteiger partial charge in [0.15, 0.2) is 5.60 Å². The molecule has 0 aliphatic heterocycles. The molecular weight excluding hydrogens is 448 g/mol. The van der Waals surface area contributed by atoms with Gasteiger partial charge in [0, 0.05) is 23.6 Å². The summed E-state index contributed by atoms with van der Waals surface area (Å²) in [6.45, 7) is 7.65. The summed E-state index contributed by atoms with van der Waals surface area (Å²) in [5.41, 5.74) is 4.94. The van der Waals surface area contributed by atoms with Gasteiger partial charge in [0.25, 0.3) is 11.8 Å². The van der Waals surface area contributed by atoms with Crippen molar-refractivity contribution in [1.29, 1.82) is 0 Å². The van der Waals surface area contributed by atoms with Gasteiger partial charge in [0.05, 0.1) is 12.6 Å². The SMILES string of the molecule is CCC(=O)CCCCC[C@@](OC(N)=O)(c1nnc(-c2cc3ccccc3nc2OC)o1)C(C)(C)C. The fourth-order valence-corrected chi connectivity index (χ4v) is 4.17. The number of rotatable bonds is 11. The Kier molecular flexibility index (Phi) is 8.09. The molecule has 0 radical (unpaired) electrons. The standard InChI is InChI=1S/C26H34N4O5/c1-6-18(31)13-8-7-11-15-26(25(2,3)4,35-24(27)32)23-30-29-22(34-23)19-16-17-12-9-10-14-20(17)28-21(19)33-5/h9-10,12,14,16H,6-8,11,13,15H2,1-5H3,(H2,27,32)/t26-/m1/s1. The second kappa shape index (κ2) is 10.8. The molecule has 3 aromatic rings. The average molecular weight is 483 g/mol. The third-order valence-corrected chi connectivity index (χ3v) is 6.25. The summed E-state index contributed by atoms with van der Waals surface area (Å²) < 4.78 is 17.4. The molecule has 1 amide bonds. The monoisotopic (exact) mass is 482 g/mol. The minimum absolute atomic E-state index is 0.152. The van der Waals surface area contributed by atoms with Crippen molar-refractivity contribution in [2.75, 3.05) is 7.11 Å². The fraction of sp³-hybridized carbons (Fsp3) is 0.500. The van der Waals surface area contributed by atoms with Gasteiger partial charge in [-0.1, -0.05) is 52.3 Å². The number of para-hydroxylation sites is 1. The Morgan fingerprint density at radius 2 is 1.83 bits per heavy atom. The van der Waals surface area contributed by atoms with E-state index in [0.717, 1.165) is 23.7 Å². The van der Waals surface area contributed by atoms with E-state index in [4.69, 9.17) is 19.6 Å². The molecule has 2 heterocycles. The molecule has 0 unspecified atom stereocenters. The van der Waals surface area contributed by atoms with Crippen LogP contribution in [0.2, 0.25) is 0 Å². The molecule has 0 aliphatic carbocycles. The van der Waals surface area contributed by atoms with Gasteiger partial charge in [-0.15, -0.1) is 10.2 Å². The van der Waals surface area contributed by atoms with Crippen molar-refractivity contribution in [3.63, 3.8) is 0 Å². The molecule has 1 aromatic carbocycles. The summed E-state index contributed by atoms with van der Waals surface area (Å²) in [7, 11) is 1.52. The molecule has 9 heteroatoms. The van der Waals surface area contributed by atoms with Gasteiger partial charge in [-0.3, -0.25) is 4.79 Å². The zero-order valence-corrected chi connectivity index (χ0v) is 21.1. The number of amides is 1. The first-order valence-electron chi connectivity index (χ1n) is 11.9. The van der Waals surface area contributed by atoms with E-state index in [2.05, 4.69) is 15.2 Å². The minimum atomic E-state index is -1.25. The minimum Gasteiger partial charge on any atom is -0.480 e. The van der Waals surface area contributed by atoms with Crippen LogP contribution in [0.1, 0.15) is 72.1 Å². The maximum absolute atomic E-state index is 12.0. The number of nitrogens with two attached hydrogens (primary N) is 1. The first kappa shape index (κ1) is 26.1. The molecule has 2 N–H and O–H groups in total. The summed E-state index contributed by atoms with van der Waals surface area (Å²) in [4.78, 5) is 28.2. The molecule has 0 saturated carbocycles. The summed E-state index contributed by atoms with van der Waals surface area (Å²) >= 11 is 0. The second-order valence-electron chi connectivity index (χ2n) is 9.60. The van der Waals surface area contributed by atoms with Crippen LogP contribution in [-0.4, -0.2) is 34.2 Å². The average Bonchev–Trinajstić information content (AvgIpc) is 3.31. The first-order valence-corrected chi connectivity index (χ1v) is 11.9. The third-order valence-electron chi connectivity index (χ3n) is 6.25. The number of nitrogens with zero attached hydrogens (tertiary/aromatic N) is 3. The van der Waals surface area contributed by atoms with Gasteiger partial charge in [-0.05, 0) is 31.4 Å². The largest absolute Gasteiger partial charge is 0.480 e. The van der Waals surface area contributed by atoms with Gasteiger partial charge in [-0.25, -0.2) is 9.78 Å². The van der Waals surface area contributed by atoms with Gasteiger partial charge < -0.3 is 19.6 Å². The van der Waals surface area contributed by atoms with Gasteiger partial charge in [0.1, 0.15) is 11.3 Å². The highest BCUT2D eigenvalue weighted by atomic mass is 16.6. The summed E-state index contributed by atoms with van der Waals surface area (Å²) in [6, 6.07) is 9.51. The Morgan fingerprint density at radius 3 is 2.49 bits per heavy atom. The number of primary amides is 1. The van der Waals surface area contributed by atoms with Crippen molar-refractivity contribution in [1.82, 2.24) is 15.2 Å². The van der Waals surface area contributed by atoms with E-state index in [1.54, 1.807) is 0 Å². The van der Waals surface area contributed by atoms with E-state index in [1.807, 2.05) is 58.0 Å². The lowest BCUT2D eigenvalue weighted by atomic mass is 9.73. The summed E-state index contributed by atoms with van der Waals surface area (Å²) in [5, 5.41) is 9.44. The van der Waals surface area contributed by atoms with E-state index in [-0.39, 0.29) is 17.6 Å². The van der Waals surface area contributed by atoms with Gasteiger partial charge in [-0.2, -0.15) is 0 Å². The number of hydrogen-bond donors (Lipinski definition) is 1. The Labute approximate surface area is 205 Å². The molecule has 188 valence electrons. The van der Waals surface area contributed by atoms with Crippen LogP contribution in [0.4, 0.5) is 4.79 Å². The summed E-state index contributed by atoms with van der Waals surface area (Å²) in [6.07, 6.45) is 2.79. The quantitative estimate of drug-likeness (QED) is 0.351. The molecule has 35 heavy (non-hydrogen) atoms. The Bertz CT molecular complexity index is 1180. The van der Waals surface area contributed by atoms with E-state index in [9.17, 15) is 9.59 Å². The maximum Gasteiger partial charge on any atom is 0.405 e. The number of carbonyl (C=O) groups is 2. The van der Waals surface area contributed by atoms with Crippen molar-refractivity contribution >= 4 is 22.8 Å². The zero-order chi connectivity index (χ0) is 25.6. The lowest BCUT2D eigenvalue weighted by molar-refractivity contribution is -0.118. The van der Waals surface area contributed by atoms with Crippen LogP contribution >= 0.6 is 0 Å². The number of Topliss-reactive ketones (excluding diaryl/α,β-unsaturated/α-hetero) is 1. The van der Waals surface area contributed by atoms with E-state index in [1.165, 1.54) is 7.11 Å². The Morgan fingerprint density at radius 1 is 1.09 bits per heavy atom. The van der Waals surface area contributed by atoms with Crippen LogP contribution in [-0.2, 0) is 15.1 Å². The Balaban J connectivity index is 1.98. The van der Waals surface area contributed by atoms with Crippen molar-refractivity contribution in [2.45, 2.75) is 71.8 Å². The lowest BCUT2D eigenvalue weighted by Gasteiger charge is -2.40. The zero-order valence-electron chi connectivity index (χ0n) is 21.1. The highest BCUT2D eigenvalue weighted by Gasteiger charge is 2.51. The Hall–Kier alpha value is -3.49. The molecule has 0 saturated heterocycles. The molecular formula is C26H34N4O5. The summed E-state index contributed by atoms with van der Waals surface area (Å²) in [5.74, 6) is 0.931. The number of unbranched alkanes of at least 4 members (excludes halogenated alkanes) is 2. The van der Waals surface area contributed by atoms with Crippen LogP contribution in [0.3, 0.4) is 0 Å². The number of carbonyl (C=O) groups excluding carboxylic acids is 2. The predicted molar refractivity (Wildman–Crippen MR) is 132 cm³/mol. The molecule has 0 fully saturated rings. The van der Waals surface area contributed by atoms with Crippen LogP contribution < -0.4 is 10.5 Å². The molecule has 2 aromatic heterocycles. The smallest absolute Gasteiger partial charge is 0.405 e. The first-order chi connectivity index (χ1) is 16.6. The predicted octanol–water partition coefficient (Wildman–Crippen LogP) is 5.56. The fourth-order valence-electron chi connectivity index (χ4n) is 4.17. The number of fused-ring (bicyclic) bond motifs is 1. The normalized spacial score (nSPS) is 13.4. The number of hydrogen-bond acceptors (Lipinski definition) is 8. The van der Waals surface area contributed by atoms with Gasteiger partial charge in [0.2, 0.25) is 5.88 Å². The van der Waals surface area contributed by atoms with Crippen LogP contribution in [0.15, 0.2) is 34.7 Å². The molecule has 0 bridgehead atoms. The van der Waals surface area contributed by atoms with Crippen molar-refractivity contribution < 1.29 is 23.5 Å². The second-order valence-corrected chi connectivity index (χ2v) is 9.60. The van der Waals surface area contributed by atoms with E-state index < -0.39 is 17.1 Å². The van der Waals surface area contributed by atoms with Crippen LogP contribution in [0.25, 0.3) is 22.4 Å². The van der Waals surface area contributed by atoms with Gasteiger partial charge >= 0.3 is 6.09 Å². The maximum atomic E-state index is 12.0. The molecule has 0 spiro atoms. The van der Waals surface area contributed by atoms with E-state index >= 15 is 0 Å². The third kappa shape index (κ3) is 5.78. The highest BCUT2D eigenvalue weighted by molar-refractivity contribution is 5.84. The van der Waals surface area contributed by atoms with E-state index in [0.29, 0.717) is 37.1 Å². The number of pyridine rings is 1. The highest BCUT2D eigenvalue weighted by Crippen LogP contribution is 2.47. The number of benzene rings is 1. The molecule has 3 rings (SSSR count). The molecule has 0 aliphatic rings. The van der Waals surface area contributed by atoms with Crippen molar-refractivity contribution in [2.24, 2.45) is 11.1 Å². The number of ketones is 1. The number of methoxy groups -OCH3 is 1. The van der Waals surface area contributed by atoms with Crippen molar-refractivity contribution in [3.05, 3.63) is 36.2 Å². The molecule has 9 nitrogen and oxygen atoms in total. The van der Waals surface area contributed by atoms with Crippen LogP contribution in [0, 0.1) is 5.41 Å². The lowest BCUT2D eigenvalue weighted by Crippen LogP contribution is -2.46. The number of aromatic nitrogens is 3.